The molecule has 0 atom stereocenters. The fourth-order valence-corrected chi connectivity index (χ4v) is 2.33. The largest absolute Gasteiger partial charge is 0.313 e. The van der Waals surface area contributed by atoms with Crippen molar-refractivity contribution in [3.63, 3.8) is 0 Å². The molecule has 0 fully saturated rings. The maximum absolute atomic E-state index is 3.48. The summed E-state index contributed by atoms with van der Waals surface area (Å²) in [6.45, 7) is 4.40. The number of benzene rings is 1. The van der Waals surface area contributed by atoms with E-state index in [0.29, 0.717) is 0 Å². The van der Waals surface area contributed by atoms with Crippen molar-refractivity contribution < 1.29 is 0 Å². The van der Waals surface area contributed by atoms with Crippen LogP contribution in [0.5, 0.6) is 0 Å². The monoisotopic (exact) mass is 273 g/mol. The number of nitrogens with one attached hydrogen (secondary N) is 1. The Hall–Kier alpha value is -1.08. The fraction of sp³-hybridized carbons (Fsp3) is 0.579. The van der Waals surface area contributed by atoms with Gasteiger partial charge in [0.05, 0.1) is 0 Å². The molecule has 0 aliphatic rings. The quantitative estimate of drug-likeness (QED) is 0.501. The van der Waals surface area contributed by atoms with Gasteiger partial charge in [-0.05, 0) is 18.5 Å². The summed E-state index contributed by atoms with van der Waals surface area (Å²) < 4.78 is 0. The Balaban J connectivity index is 1.84. The third-order valence-corrected chi connectivity index (χ3v) is 3.58. The Bertz CT molecular complexity index is 329. The zero-order chi connectivity index (χ0) is 14.3. The van der Waals surface area contributed by atoms with Gasteiger partial charge in [0.1, 0.15) is 0 Å². The minimum atomic E-state index is 0.978. The van der Waals surface area contributed by atoms with Crippen molar-refractivity contribution in [1.82, 2.24) is 5.32 Å². The molecule has 0 saturated heterocycles. The summed E-state index contributed by atoms with van der Waals surface area (Å²) in [5.74, 6) is 0. The smallest absolute Gasteiger partial charge is 0.0138 e. The lowest BCUT2D eigenvalue weighted by Gasteiger charge is -2.02. The first-order valence-electron chi connectivity index (χ1n) is 8.36. The summed E-state index contributed by atoms with van der Waals surface area (Å²) in [4.78, 5) is 0. The van der Waals surface area contributed by atoms with Crippen LogP contribution in [-0.2, 0) is 0 Å². The van der Waals surface area contributed by atoms with Gasteiger partial charge in [0, 0.05) is 6.54 Å². The third kappa shape index (κ3) is 9.80. The van der Waals surface area contributed by atoms with Crippen molar-refractivity contribution in [3.8, 4) is 0 Å². The standard InChI is InChI=1S/C19H31N/c1-2-3-4-5-6-7-8-12-17-20-18-13-16-19-14-10-9-11-15-19/h9-11,13-16,20H,2-8,12,17-18H2,1H3/b16-13+. The second kappa shape index (κ2) is 12.9. The van der Waals surface area contributed by atoms with Gasteiger partial charge in [-0.15, -0.1) is 0 Å². The Morgan fingerprint density at radius 1 is 0.850 bits per heavy atom. The van der Waals surface area contributed by atoms with E-state index in [4.69, 9.17) is 0 Å². The maximum Gasteiger partial charge on any atom is 0.0138 e. The first-order valence-corrected chi connectivity index (χ1v) is 8.36. The molecular formula is C19H31N. The van der Waals surface area contributed by atoms with Gasteiger partial charge < -0.3 is 5.32 Å². The van der Waals surface area contributed by atoms with E-state index < -0.39 is 0 Å². The van der Waals surface area contributed by atoms with Crippen molar-refractivity contribution in [1.29, 1.82) is 0 Å². The summed E-state index contributed by atoms with van der Waals surface area (Å²) in [6.07, 6.45) is 15.5. The SMILES string of the molecule is CCCCCCCCCCNC/C=C/c1ccccc1. The van der Waals surface area contributed by atoms with Crippen molar-refractivity contribution in [2.45, 2.75) is 58.3 Å². The number of hydrogen-bond donors (Lipinski definition) is 1. The Morgan fingerprint density at radius 2 is 1.50 bits per heavy atom. The highest BCUT2D eigenvalue weighted by molar-refractivity contribution is 5.48. The van der Waals surface area contributed by atoms with E-state index in [2.05, 4.69) is 54.7 Å². The molecule has 1 N–H and O–H groups in total. The van der Waals surface area contributed by atoms with Crippen LogP contribution in [0.4, 0.5) is 0 Å². The zero-order valence-electron chi connectivity index (χ0n) is 13.1. The lowest BCUT2D eigenvalue weighted by atomic mass is 10.1. The van der Waals surface area contributed by atoms with Gasteiger partial charge in [-0.2, -0.15) is 0 Å². The van der Waals surface area contributed by atoms with Crippen LogP contribution in [0.2, 0.25) is 0 Å². The average molecular weight is 273 g/mol. The van der Waals surface area contributed by atoms with Gasteiger partial charge in [-0.25, -0.2) is 0 Å². The van der Waals surface area contributed by atoms with E-state index in [0.717, 1.165) is 13.1 Å². The molecule has 1 rings (SSSR count). The predicted octanol–water partition coefficient (Wildman–Crippen LogP) is 5.43. The summed E-state index contributed by atoms with van der Waals surface area (Å²) in [6, 6.07) is 10.5. The lowest BCUT2D eigenvalue weighted by Crippen LogP contribution is -2.14. The highest BCUT2D eigenvalue weighted by Crippen LogP contribution is 2.07. The van der Waals surface area contributed by atoms with Gasteiger partial charge in [0.15, 0.2) is 0 Å². The highest BCUT2D eigenvalue weighted by Gasteiger charge is 1.91. The van der Waals surface area contributed by atoms with Crippen molar-refractivity contribution >= 4 is 6.08 Å². The summed E-state index contributed by atoms with van der Waals surface area (Å²) >= 11 is 0. The van der Waals surface area contributed by atoms with Crippen LogP contribution in [-0.4, -0.2) is 13.1 Å². The molecule has 20 heavy (non-hydrogen) atoms. The molecule has 0 aliphatic heterocycles. The fourth-order valence-electron chi connectivity index (χ4n) is 2.33. The molecule has 0 aromatic heterocycles. The van der Waals surface area contributed by atoms with E-state index >= 15 is 0 Å². The Morgan fingerprint density at radius 3 is 2.20 bits per heavy atom. The Kier molecular flexibility index (Phi) is 11.0. The van der Waals surface area contributed by atoms with E-state index in [-0.39, 0.29) is 0 Å². The summed E-state index contributed by atoms with van der Waals surface area (Å²) in [5, 5.41) is 3.48. The molecule has 0 unspecified atom stereocenters. The van der Waals surface area contributed by atoms with Crippen molar-refractivity contribution in [2.24, 2.45) is 0 Å². The molecule has 1 nitrogen and oxygen atoms in total. The van der Waals surface area contributed by atoms with Crippen molar-refractivity contribution in [2.75, 3.05) is 13.1 Å². The first-order chi connectivity index (χ1) is 9.93. The molecule has 0 radical (unpaired) electrons. The third-order valence-electron chi connectivity index (χ3n) is 3.58. The maximum atomic E-state index is 3.48. The van der Waals surface area contributed by atoms with Gasteiger partial charge in [-0.1, -0.05) is 94.4 Å². The lowest BCUT2D eigenvalue weighted by molar-refractivity contribution is 0.563. The van der Waals surface area contributed by atoms with Gasteiger partial charge in [-0.3, -0.25) is 0 Å². The minimum Gasteiger partial charge on any atom is -0.313 e. The van der Waals surface area contributed by atoms with E-state index in [1.165, 1.54) is 56.9 Å². The van der Waals surface area contributed by atoms with E-state index in [1.54, 1.807) is 0 Å². The molecule has 0 bridgehead atoms. The molecule has 0 heterocycles. The topological polar surface area (TPSA) is 12.0 Å². The second-order valence-corrected chi connectivity index (χ2v) is 5.49. The Labute approximate surface area is 125 Å². The molecule has 1 heteroatoms. The van der Waals surface area contributed by atoms with Crippen LogP contribution in [0.15, 0.2) is 36.4 Å². The summed E-state index contributed by atoms with van der Waals surface area (Å²) in [7, 11) is 0. The van der Waals surface area contributed by atoms with Crippen LogP contribution in [0.1, 0.15) is 63.9 Å². The van der Waals surface area contributed by atoms with Gasteiger partial charge >= 0.3 is 0 Å². The van der Waals surface area contributed by atoms with Crippen LogP contribution < -0.4 is 5.32 Å². The van der Waals surface area contributed by atoms with Gasteiger partial charge in [0.25, 0.3) is 0 Å². The summed E-state index contributed by atoms with van der Waals surface area (Å²) in [5.41, 5.74) is 1.28. The normalized spacial score (nSPS) is 11.2. The average Bonchev–Trinajstić information content (AvgIpc) is 2.49. The highest BCUT2D eigenvalue weighted by atomic mass is 14.8. The molecule has 0 amide bonds. The minimum absolute atomic E-state index is 0.978. The van der Waals surface area contributed by atoms with Crippen LogP contribution in [0, 0.1) is 0 Å². The van der Waals surface area contributed by atoms with E-state index in [1.807, 2.05) is 0 Å². The molecule has 112 valence electrons. The van der Waals surface area contributed by atoms with Crippen LogP contribution in [0.3, 0.4) is 0 Å². The molecule has 1 aromatic carbocycles. The van der Waals surface area contributed by atoms with Crippen LogP contribution in [0.25, 0.3) is 6.08 Å². The molecule has 0 aliphatic carbocycles. The molecular weight excluding hydrogens is 242 g/mol. The molecule has 0 saturated carbocycles. The molecule has 1 aromatic rings. The second-order valence-electron chi connectivity index (χ2n) is 5.49. The molecule has 0 spiro atoms. The zero-order valence-corrected chi connectivity index (χ0v) is 13.1. The van der Waals surface area contributed by atoms with Crippen LogP contribution >= 0.6 is 0 Å². The number of hydrogen-bond acceptors (Lipinski definition) is 1. The van der Waals surface area contributed by atoms with E-state index in [9.17, 15) is 0 Å². The first kappa shape index (κ1) is 17.0. The number of unbranched alkanes of at least 4 members (excludes halogenated alkanes) is 7. The number of rotatable bonds is 12. The van der Waals surface area contributed by atoms with Crippen molar-refractivity contribution in [3.05, 3.63) is 42.0 Å². The predicted molar refractivity (Wildman–Crippen MR) is 91.0 cm³/mol. The van der Waals surface area contributed by atoms with Gasteiger partial charge in [0.2, 0.25) is 0 Å².